The number of benzene rings is 2. The maximum absolute atomic E-state index is 12.5. The molecular weight excluding hydrogens is 384 g/mol. The van der Waals surface area contributed by atoms with Crippen LogP contribution in [0.1, 0.15) is 16.2 Å². The minimum absolute atomic E-state index is 0.206. The summed E-state index contributed by atoms with van der Waals surface area (Å²) in [6.45, 7) is -0.361. The summed E-state index contributed by atoms with van der Waals surface area (Å²) in [5, 5.41) is 10.4. The molecule has 1 heterocycles. The fourth-order valence-corrected chi connectivity index (χ4v) is 3.66. The molecule has 0 saturated carbocycles. The third kappa shape index (κ3) is 4.93. The lowest BCUT2D eigenvalue weighted by molar-refractivity contribution is -0.110. The van der Waals surface area contributed by atoms with E-state index in [-0.39, 0.29) is 28.6 Å². The number of rotatable bonds is 6. The van der Waals surface area contributed by atoms with Crippen molar-refractivity contribution >= 4 is 38.8 Å². The minimum atomic E-state index is -3.56. The standard InChI is InChI=1S/C16H16N4O3S.C2H4O2/c1-18-10-5-7-11(8-6-10)24(22,23)9-14-19-13-4-2-3-12(16(17)21)15(13)20-14;3-1-2-4/h2-8,18H,9H2,1H3,(H2,17,21)(H,19,20);1,4H,2H2. The second kappa shape index (κ2) is 9.11. The highest BCUT2D eigenvalue weighted by molar-refractivity contribution is 7.90. The number of anilines is 1. The van der Waals surface area contributed by atoms with Crippen LogP contribution in [0.5, 0.6) is 0 Å². The lowest BCUT2D eigenvalue weighted by Gasteiger charge is -2.04. The van der Waals surface area contributed by atoms with Gasteiger partial charge in [-0.25, -0.2) is 13.4 Å². The van der Waals surface area contributed by atoms with Gasteiger partial charge in [-0.05, 0) is 36.4 Å². The van der Waals surface area contributed by atoms with Crippen molar-refractivity contribution < 1.29 is 23.1 Å². The summed E-state index contributed by atoms with van der Waals surface area (Å²) in [6, 6.07) is 11.4. The number of amides is 1. The quantitative estimate of drug-likeness (QED) is 0.444. The van der Waals surface area contributed by atoms with Gasteiger partial charge in [0.05, 0.1) is 22.6 Å². The Hall–Kier alpha value is -3.24. The van der Waals surface area contributed by atoms with Gasteiger partial charge in [0.15, 0.2) is 9.84 Å². The van der Waals surface area contributed by atoms with Gasteiger partial charge >= 0.3 is 0 Å². The number of nitrogens with two attached hydrogens (primary N) is 1. The molecule has 3 aromatic rings. The first-order valence-electron chi connectivity index (χ1n) is 8.15. The fourth-order valence-electron chi connectivity index (χ4n) is 2.44. The first-order valence-corrected chi connectivity index (χ1v) is 9.80. The number of carbonyl (C=O) groups is 2. The Balaban J connectivity index is 0.000000640. The molecule has 9 nitrogen and oxygen atoms in total. The van der Waals surface area contributed by atoms with Crippen molar-refractivity contribution in [3.8, 4) is 0 Å². The van der Waals surface area contributed by atoms with Crippen LogP contribution in [-0.4, -0.2) is 49.3 Å². The molecule has 0 spiro atoms. The summed E-state index contributed by atoms with van der Waals surface area (Å²) in [4.78, 5) is 27.7. The molecule has 10 heteroatoms. The number of H-pyrrole nitrogens is 1. The first kappa shape index (κ1) is 21.1. The van der Waals surface area contributed by atoms with E-state index in [1.54, 1.807) is 49.5 Å². The number of hydrogen-bond acceptors (Lipinski definition) is 7. The Morgan fingerprint density at radius 2 is 1.89 bits per heavy atom. The molecule has 0 aliphatic rings. The van der Waals surface area contributed by atoms with Crippen molar-refractivity contribution in [1.82, 2.24) is 9.97 Å². The van der Waals surface area contributed by atoms with Crippen LogP contribution in [-0.2, 0) is 20.4 Å². The van der Waals surface area contributed by atoms with Gasteiger partial charge < -0.3 is 25.9 Å². The van der Waals surface area contributed by atoms with E-state index in [4.69, 9.17) is 15.6 Å². The molecule has 0 bridgehead atoms. The maximum atomic E-state index is 12.5. The lowest BCUT2D eigenvalue weighted by atomic mass is 10.2. The van der Waals surface area contributed by atoms with Crippen LogP contribution in [0.15, 0.2) is 47.4 Å². The summed E-state index contributed by atoms with van der Waals surface area (Å²) in [6.07, 6.45) is 0.431. The second-order valence-corrected chi connectivity index (χ2v) is 7.62. The Bertz CT molecular complexity index is 1080. The number of aliphatic hydroxyl groups excluding tert-OH is 1. The smallest absolute Gasteiger partial charge is 0.250 e. The predicted molar refractivity (Wildman–Crippen MR) is 105 cm³/mol. The number of hydrogen-bond donors (Lipinski definition) is 4. The van der Waals surface area contributed by atoms with Gasteiger partial charge in [-0.2, -0.15) is 0 Å². The van der Waals surface area contributed by atoms with E-state index >= 15 is 0 Å². The zero-order valence-corrected chi connectivity index (χ0v) is 15.9. The van der Waals surface area contributed by atoms with Crippen molar-refractivity contribution in [1.29, 1.82) is 0 Å². The average molecular weight is 404 g/mol. The van der Waals surface area contributed by atoms with Crippen molar-refractivity contribution in [2.75, 3.05) is 19.0 Å². The van der Waals surface area contributed by atoms with Crippen molar-refractivity contribution in [3.05, 3.63) is 53.9 Å². The highest BCUT2D eigenvalue weighted by atomic mass is 32.2. The molecule has 0 unspecified atom stereocenters. The normalized spacial score (nSPS) is 10.8. The number of sulfone groups is 1. The molecule has 28 heavy (non-hydrogen) atoms. The molecule has 1 amide bonds. The summed E-state index contributed by atoms with van der Waals surface area (Å²) in [5.41, 5.74) is 7.34. The third-order valence-electron chi connectivity index (χ3n) is 3.73. The molecule has 0 radical (unpaired) electrons. The number of aromatic amines is 1. The zero-order valence-electron chi connectivity index (χ0n) is 15.0. The number of aldehydes is 1. The fraction of sp³-hybridized carbons (Fsp3) is 0.167. The van der Waals surface area contributed by atoms with E-state index in [9.17, 15) is 13.2 Å². The molecule has 2 aromatic carbocycles. The minimum Gasteiger partial charge on any atom is -0.389 e. The maximum Gasteiger partial charge on any atom is 0.250 e. The van der Waals surface area contributed by atoms with Gasteiger partial charge in [0.25, 0.3) is 5.91 Å². The van der Waals surface area contributed by atoms with E-state index in [1.165, 1.54) is 0 Å². The molecule has 148 valence electrons. The van der Waals surface area contributed by atoms with Crippen molar-refractivity contribution in [2.45, 2.75) is 10.6 Å². The monoisotopic (exact) mass is 404 g/mol. The third-order valence-corrected chi connectivity index (χ3v) is 5.37. The second-order valence-electron chi connectivity index (χ2n) is 5.63. The van der Waals surface area contributed by atoms with E-state index in [2.05, 4.69) is 15.3 Å². The summed E-state index contributed by atoms with van der Waals surface area (Å²) < 4.78 is 25.0. The number of imidazole rings is 1. The first-order chi connectivity index (χ1) is 13.3. The number of nitrogens with one attached hydrogen (secondary N) is 2. The average Bonchev–Trinajstić information content (AvgIpc) is 3.09. The van der Waals surface area contributed by atoms with Crippen LogP contribution in [0.2, 0.25) is 0 Å². The molecule has 0 saturated heterocycles. The topological polar surface area (TPSA) is 155 Å². The zero-order chi connectivity index (χ0) is 20.7. The number of carbonyl (C=O) groups excluding carboxylic acids is 2. The summed E-state index contributed by atoms with van der Waals surface area (Å²) in [5.74, 6) is -0.640. The summed E-state index contributed by atoms with van der Waals surface area (Å²) >= 11 is 0. The van der Waals surface area contributed by atoms with E-state index in [0.717, 1.165) is 5.69 Å². The van der Waals surface area contributed by atoms with Crippen LogP contribution in [0.25, 0.3) is 11.0 Å². The molecule has 3 rings (SSSR count). The van der Waals surface area contributed by atoms with Gasteiger partial charge in [0, 0.05) is 12.7 Å². The number of aliphatic hydroxyl groups is 1. The SMILES string of the molecule is CNc1ccc(S(=O)(=O)Cc2nc3c(C(N)=O)cccc3[nH]2)cc1.O=CCO. The van der Waals surface area contributed by atoms with Gasteiger partial charge in [-0.15, -0.1) is 0 Å². The summed E-state index contributed by atoms with van der Waals surface area (Å²) in [7, 11) is -1.80. The van der Waals surface area contributed by atoms with Gasteiger partial charge in [0.1, 0.15) is 23.4 Å². The molecule has 1 aromatic heterocycles. The highest BCUT2D eigenvalue weighted by Crippen LogP contribution is 2.21. The number of fused-ring (bicyclic) bond motifs is 1. The Labute approximate surface area is 161 Å². The highest BCUT2D eigenvalue weighted by Gasteiger charge is 2.19. The molecular formula is C18H20N4O5S. The van der Waals surface area contributed by atoms with E-state index in [1.807, 2.05) is 0 Å². The molecule has 0 atom stereocenters. The van der Waals surface area contributed by atoms with Crippen LogP contribution in [0.4, 0.5) is 5.69 Å². The largest absolute Gasteiger partial charge is 0.389 e. The van der Waals surface area contributed by atoms with Gasteiger partial charge in [0.2, 0.25) is 0 Å². The Kier molecular flexibility index (Phi) is 6.85. The van der Waals surface area contributed by atoms with Gasteiger partial charge in [-0.1, -0.05) is 6.07 Å². The van der Waals surface area contributed by atoms with E-state index in [0.29, 0.717) is 17.3 Å². The molecule has 0 fully saturated rings. The van der Waals surface area contributed by atoms with Crippen LogP contribution >= 0.6 is 0 Å². The lowest BCUT2D eigenvalue weighted by Crippen LogP contribution is -2.11. The molecule has 5 N–H and O–H groups in total. The number of para-hydroxylation sites is 1. The van der Waals surface area contributed by atoms with E-state index < -0.39 is 15.7 Å². The van der Waals surface area contributed by atoms with Crippen LogP contribution in [0, 0.1) is 0 Å². The Morgan fingerprint density at radius 3 is 2.43 bits per heavy atom. The van der Waals surface area contributed by atoms with Crippen molar-refractivity contribution in [3.63, 3.8) is 0 Å². The molecule has 0 aliphatic heterocycles. The number of nitrogens with zero attached hydrogens (tertiary/aromatic N) is 1. The molecule has 0 aliphatic carbocycles. The van der Waals surface area contributed by atoms with Gasteiger partial charge in [-0.3, -0.25) is 4.79 Å². The Morgan fingerprint density at radius 1 is 1.25 bits per heavy atom. The van der Waals surface area contributed by atoms with Crippen LogP contribution < -0.4 is 11.1 Å². The van der Waals surface area contributed by atoms with Crippen molar-refractivity contribution in [2.24, 2.45) is 5.73 Å². The van der Waals surface area contributed by atoms with Crippen LogP contribution in [0.3, 0.4) is 0 Å². The predicted octanol–water partition coefficient (Wildman–Crippen LogP) is 0.855. The number of aromatic nitrogens is 2. The number of primary amides is 1.